The second-order valence-electron chi connectivity index (χ2n) is 3.67. The van der Waals surface area contributed by atoms with Crippen LogP contribution in [0, 0.1) is 0 Å². The largest absolute Gasteiger partial charge is 0.480 e. The van der Waals surface area contributed by atoms with Gasteiger partial charge in [0, 0.05) is 12.7 Å². The van der Waals surface area contributed by atoms with Crippen molar-refractivity contribution in [3.8, 4) is 0 Å². The number of hydrogen-bond donors (Lipinski definition) is 1. The monoisotopic (exact) mass is 207 g/mol. The van der Waals surface area contributed by atoms with E-state index in [-0.39, 0.29) is 6.04 Å². The molecule has 1 aromatic rings. The lowest BCUT2D eigenvalue weighted by Gasteiger charge is -2.19. The minimum absolute atomic E-state index is 0.347. The summed E-state index contributed by atoms with van der Waals surface area (Å²) in [5.41, 5.74) is 0.873. The zero-order valence-corrected chi connectivity index (χ0v) is 8.33. The highest BCUT2D eigenvalue weighted by Gasteiger charge is 2.30. The van der Waals surface area contributed by atoms with Crippen LogP contribution in [0.25, 0.3) is 0 Å². The summed E-state index contributed by atoms with van der Waals surface area (Å²) in [6.07, 6.45) is 4.85. The minimum Gasteiger partial charge on any atom is -0.480 e. The van der Waals surface area contributed by atoms with Crippen LogP contribution in [0.1, 0.15) is 18.5 Å². The zero-order valence-electron chi connectivity index (χ0n) is 8.33. The summed E-state index contributed by atoms with van der Waals surface area (Å²) in [6, 6.07) is 1.47. The van der Waals surface area contributed by atoms with E-state index in [1.165, 1.54) is 6.33 Å². The van der Waals surface area contributed by atoms with Gasteiger partial charge in [0.2, 0.25) is 0 Å². The molecule has 1 saturated heterocycles. The van der Waals surface area contributed by atoms with Crippen molar-refractivity contribution < 1.29 is 9.90 Å². The van der Waals surface area contributed by atoms with E-state index in [1.807, 2.05) is 11.0 Å². The summed E-state index contributed by atoms with van der Waals surface area (Å²) >= 11 is 0. The minimum atomic E-state index is -0.735. The number of carbonyl (C=O) groups is 1. The molecule has 1 N–H and O–H groups in total. The Morgan fingerprint density at radius 3 is 3.20 bits per heavy atom. The van der Waals surface area contributed by atoms with Gasteiger partial charge in [0.15, 0.2) is 0 Å². The molecular formula is C10H13N3O2. The lowest BCUT2D eigenvalue weighted by Crippen LogP contribution is -2.35. The Balaban J connectivity index is 2.03. The van der Waals surface area contributed by atoms with Gasteiger partial charge in [-0.2, -0.15) is 0 Å². The fraction of sp³-hybridized carbons (Fsp3) is 0.500. The molecule has 1 atom stereocenters. The molecule has 0 aliphatic carbocycles. The maximum atomic E-state index is 10.9. The molecule has 0 saturated carbocycles. The lowest BCUT2D eigenvalue weighted by atomic mass is 10.2. The van der Waals surface area contributed by atoms with Crippen molar-refractivity contribution in [1.82, 2.24) is 14.9 Å². The van der Waals surface area contributed by atoms with E-state index in [9.17, 15) is 4.79 Å². The van der Waals surface area contributed by atoms with Gasteiger partial charge in [-0.25, -0.2) is 9.97 Å². The van der Waals surface area contributed by atoms with Crippen LogP contribution in [0.15, 0.2) is 18.6 Å². The molecule has 0 aromatic carbocycles. The molecule has 5 heteroatoms. The molecule has 15 heavy (non-hydrogen) atoms. The molecule has 1 unspecified atom stereocenters. The van der Waals surface area contributed by atoms with E-state index < -0.39 is 5.97 Å². The maximum Gasteiger partial charge on any atom is 0.320 e. The number of aliphatic carboxylic acids is 1. The molecule has 0 spiro atoms. The average Bonchev–Trinajstić information content (AvgIpc) is 2.67. The second-order valence-corrected chi connectivity index (χ2v) is 3.67. The summed E-state index contributed by atoms with van der Waals surface area (Å²) in [7, 11) is 0. The molecule has 2 rings (SSSR count). The van der Waals surface area contributed by atoms with E-state index in [4.69, 9.17) is 5.11 Å². The third-order valence-electron chi connectivity index (χ3n) is 2.66. The Hall–Kier alpha value is -1.49. The molecule has 80 valence electrons. The number of likely N-dealkylation sites (tertiary alicyclic amines) is 1. The molecule has 1 fully saturated rings. The Morgan fingerprint density at radius 1 is 1.67 bits per heavy atom. The van der Waals surface area contributed by atoms with Crippen LogP contribution >= 0.6 is 0 Å². The molecule has 0 radical (unpaired) electrons. The first-order valence-electron chi connectivity index (χ1n) is 4.99. The predicted molar refractivity (Wildman–Crippen MR) is 53.1 cm³/mol. The average molecular weight is 207 g/mol. The molecule has 1 aromatic heterocycles. The third-order valence-corrected chi connectivity index (χ3v) is 2.66. The van der Waals surface area contributed by atoms with Gasteiger partial charge in [-0.05, 0) is 25.5 Å². The number of rotatable bonds is 3. The molecule has 5 nitrogen and oxygen atoms in total. The van der Waals surface area contributed by atoms with Crippen LogP contribution in [0.3, 0.4) is 0 Å². The number of aromatic nitrogens is 2. The van der Waals surface area contributed by atoms with Gasteiger partial charge in [-0.15, -0.1) is 0 Å². The van der Waals surface area contributed by atoms with Gasteiger partial charge in [-0.3, -0.25) is 9.69 Å². The summed E-state index contributed by atoms with van der Waals surface area (Å²) in [5.74, 6) is -0.735. The fourth-order valence-electron chi connectivity index (χ4n) is 1.91. The van der Waals surface area contributed by atoms with Crippen molar-refractivity contribution in [2.45, 2.75) is 25.4 Å². The number of nitrogens with zero attached hydrogens (tertiary/aromatic N) is 3. The van der Waals surface area contributed by atoms with Crippen LogP contribution in [0.4, 0.5) is 0 Å². The summed E-state index contributed by atoms with van der Waals surface area (Å²) in [5, 5.41) is 8.99. The van der Waals surface area contributed by atoms with E-state index in [2.05, 4.69) is 9.97 Å². The van der Waals surface area contributed by atoms with Gasteiger partial charge in [0.25, 0.3) is 0 Å². The number of carboxylic acids is 1. The zero-order chi connectivity index (χ0) is 10.7. The van der Waals surface area contributed by atoms with Crippen LogP contribution in [0.2, 0.25) is 0 Å². The lowest BCUT2D eigenvalue weighted by molar-refractivity contribution is -0.142. The third kappa shape index (κ3) is 2.30. The van der Waals surface area contributed by atoms with Crippen molar-refractivity contribution in [3.05, 3.63) is 24.3 Å². The Bertz CT molecular complexity index is 342. The van der Waals surface area contributed by atoms with Crippen LogP contribution in [-0.4, -0.2) is 38.5 Å². The normalized spacial score (nSPS) is 21.7. The fourth-order valence-corrected chi connectivity index (χ4v) is 1.91. The Labute approximate surface area is 87.8 Å². The molecular weight excluding hydrogens is 194 g/mol. The van der Waals surface area contributed by atoms with Crippen LogP contribution in [-0.2, 0) is 11.3 Å². The quantitative estimate of drug-likeness (QED) is 0.783. The highest BCUT2D eigenvalue weighted by Crippen LogP contribution is 2.19. The SMILES string of the molecule is O=C(O)C1CCCN1Cc1ccncn1. The smallest absolute Gasteiger partial charge is 0.320 e. The molecule has 0 bridgehead atoms. The van der Waals surface area contributed by atoms with E-state index in [0.29, 0.717) is 6.54 Å². The summed E-state index contributed by atoms with van der Waals surface area (Å²) in [4.78, 5) is 20.8. The van der Waals surface area contributed by atoms with Crippen molar-refractivity contribution in [2.75, 3.05) is 6.54 Å². The Morgan fingerprint density at radius 2 is 2.53 bits per heavy atom. The van der Waals surface area contributed by atoms with Crippen LogP contribution < -0.4 is 0 Å². The topological polar surface area (TPSA) is 66.3 Å². The van der Waals surface area contributed by atoms with Gasteiger partial charge < -0.3 is 5.11 Å². The number of carboxylic acid groups (broad SMARTS) is 1. The van der Waals surface area contributed by atoms with Crippen LogP contribution in [0.5, 0.6) is 0 Å². The van der Waals surface area contributed by atoms with Gasteiger partial charge in [0.1, 0.15) is 12.4 Å². The van der Waals surface area contributed by atoms with Crippen molar-refractivity contribution in [1.29, 1.82) is 0 Å². The first-order chi connectivity index (χ1) is 7.27. The predicted octanol–water partition coefficient (Wildman–Crippen LogP) is 0.526. The van der Waals surface area contributed by atoms with Gasteiger partial charge in [-0.1, -0.05) is 0 Å². The van der Waals surface area contributed by atoms with Crippen molar-refractivity contribution in [3.63, 3.8) is 0 Å². The van der Waals surface area contributed by atoms with Gasteiger partial charge in [0.05, 0.1) is 5.69 Å². The standard InChI is InChI=1S/C10H13N3O2/c14-10(15)9-2-1-5-13(9)6-8-3-4-11-7-12-8/h3-4,7,9H,1-2,5-6H2,(H,14,15). The molecule has 1 aliphatic rings. The summed E-state index contributed by atoms with van der Waals surface area (Å²) in [6.45, 7) is 1.43. The molecule has 0 amide bonds. The highest BCUT2D eigenvalue weighted by atomic mass is 16.4. The molecule has 2 heterocycles. The van der Waals surface area contributed by atoms with E-state index in [1.54, 1.807) is 6.20 Å². The first-order valence-corrected chi connectivity index (χ1v) is 4.99. The van der Waals surface area contributed by atoms with E-state index >= 15 is 0 Å². The first kappa shape index (κ1) is 10.0. The second kappa shape index (κ2) is 4.35. The maximum absolute atomic E-state index is 10.9. The molecule has 1 aliphatic heterocycles. The highest BCUT2D eigenvalue weighted by molar-refractivity contribution is 5.73. The number of hydrogen-bond acceptors (Lipinski definition) is 4. The van der Waals surface area contributed by atoms with Crippen molar-refractivity contribution >= 4 is 5.97 Å². The van der Waals surface area contributed by atoms with Gasteiger partial charge >= 0.3 is 5.97 Å². The van der Waals surface area contributed by atoms with E-state index in [0.717, 1.165) is 25.1 Å². The summed E-state index contributed by atoms with van der Waals surface area (Å²) < 4.78 is 0. The van der Waals surface area contributed by atoms with Crippen molar-refractivity contribution in [2.24, 2.45) is 0 Å². The Kier molecular flexibility index (Phi) is 2.91.